The molecule has 0 spiro atoms. The second kappa shape index (κ2) is 7.25. The number of aromatic nitrogens is 2. The summed E-state index contributed by atoms with van der Waals surface area (Å²) in [5.74, 6) is 0.738. The predicted molar refractivity (Wildman–Crippen MR) is 104 cm³/mol. The highest BCUT2D eigenvalue weighted by Crippen LogP contribution is 2.24. The Kier molecular flexibility index (Phi) is 4.64. The topological polar surface area (TPSA) is 68.2 Å². The Morgan fingerprint density at radius 2 is 2.00 bits per heavy atom. The van der Waals surface area contributed by atoms with Crippen LogP contribution < -0.4 is 15.4 Å². The van der Waals surface area contributed by atoms with Crippen molar-refractivity contribution < 1.29 is 9.53 Å². The summed E-state index contributed by atoms with van der Waals surface area (Å²) < 4.78 is 7.19. The van der Waals surface area contributed by atoms with Gasteiger partial charge in [-0.3, -0.25) is 10.1 Å². The Morgan fingerprint density at radius 1 is 1.22 bits per heavy atom. The lowest BCUT2D eigenvalue weighted by atomic mass is 10.1. The summed E-state index contributed by atoms with van der Waals surface area (Å²) in [4.78, 5) is 12.3. The molecule has 0 unspecified atom stereocenters. The molecule has 2 aromatic carbocycles. The summed E-state index contributed by atoms with van der Waals surface area (Å²) in [6.07, 6.45) is -0.123. The van der Waals surface area contributed by atoms with Gasteiger partial charge in [0.1, 0.15) is 17.6 Å². The Labute approximate surface area is 158 Å². The number of methoxy groups -OCH3 is 1. The lowest BCUT2D eigenvalue weighted by Crippen LogP contribution is -2.45. The maximum atomic E-state index is 12.3. The van der Waals surface area contributed by atoms with Crippen LogP contribution in [0.1, 0.15) is 27.8 Å². The Bertz CT molecular complexity index is 963. The summed E-state index contributed by atoms with van der Waals surface area (Å²) >= 11 is 0. The Hall–Kier alpha value is -3.12. The summed E-state index contributed by atoms with van der Waals surface area (Å²) in [6, 6.07) is 17.9. The van der Waals surface area contributed by atoms with Gasteiger partial charge >= 0.3 is 0 Å². The predicted octanol–water partition coefficient (Wildman–Crippen LogP) is 2.90. The molecular weight excluding hydrogens is 340 g/mol. The first-order valence-corrected chi connectivity index (χ1v) is 8.96. The van der Waals surface area contributed by atoms with Crippen molar-refractivity contribution in [1.29, 1.82) is 0 Å². The van der Waals surface area contributed by atoms with Gasteiger partial charge in [0.15, 0.2) is 0 Å². The highest BCUT2D eigenvalue weighted by atomic mass is 16.5. The van der Waals surface area contributed by atoms with E-state index in [-0.39, 0.29) is 12.1 Å². The number of nitrogens with zero attached hydrogens (tertiary/aromatic N) is 2. The van der Waals surface area contributed by atoms with Crippen molar-refractivity contribution in [2.45, 2.75) is 19.6 Å². The van der Waals surface area contributed by atoms with E-state index in [2.05, 4.69) is 10.6 Å². The van der Waals surface area contributed by atoms with Crippen molar-refractivity contribution in [2.75, 3.05) is 13.7 Å². The smallest absolute Gasteiger partial charge is 0.269 e. The van der Waals surface area contributed by atoms with E-state index in [1.165, 1.54) is 5.56 Å². The molecule has 1 atom stereocenters. The molecule has 0 saturated heterocycles. The van der Waals surface area contributed by atoms with Crippen molar-refractivity contribution in [3.63, 3.8) is 0 Å². The summed E-state index contributed by atoms with van der Waals surface area (Å²) in [7, 11) is 1.67. The molecule has 2 heterocycles. The SMILES string of the molecule is COc1ccccc1CN[C@H]1CNC(=O)c2cc(-c3ccc(C)cc3)nn21. The van der Waals surface area contributed by atoms with Gasteiger partial charge in [0.2, 0.25) is 0 Å². The highest BCUT2D eigenvalue weighted by molar-refractivity contribution is 5.94. The van der Waals surface area contributed by atoms with Gasteiger partial charge in [0, 0.05) is 17.7 Å². The zero-order valence-electron chi connectivity index (χ0n) is 15.4. The fourth-order valence-corrected chi connectivity index (χ4v) is 3.27. The zero-order valence-corrected chi connectivity index (χ0v) is 15.4. The number of carbonyl (C=O) groups excluding carboxylic acids is 1. The van der Waals surface area contributed by atoms with Crippen LogP contribution in [0.2, 0.25) is 0 Å². The van der Waals surface area contributed by atoms with E-state index in [0.29, 0.717) is 18.8 Å². The van der Waals surface area contributed by atoms with Crippen LogP contribution in [0.3, 0.4) is 0 Å². The van der Waals surface area contributed by atoms with Crippen LogP contribution >= 0.6 is 0 Å². The normalized spacial score (nSPS) is 15.9. The molecule has 1 aliphatic heterocycles. The number of fused-ring (bicyclic) bond motifs is 1. The monoisotopic (exact) mass is 362 g/mol. The second-order valence-electron chi connectivity index (χ2n) is 6.64. The minimum Gasteiger partial charge on any atom is -0.496 e. The molecule has 6 nitrogen and oxygen atoms in total. The summed E-state index contributed by atoms with van der Waals surface area (Å²) in [5.41, 5.74) is 4.61. The molecule has 6 heteroatoms. The van der Waals surface area contributed by atoms with E-state index >= 15 is 0 Å². The number of benzene rings is 2. The molecule has 1 aliphatic rings. The molecular formula is C21H22N4O2. The lowest BCUT2D eigenvalue weighted by Gasteiger charge is -2.26. The van der Waals surface area contributed by atoms with E-state index in [1.807, 2.05) is 61.5 Å². The van der Waals surface area contributed by atoms with Crippen LogP contribution in [0, 0.1) is 6.92 Å². The number of hydrogen-bond acceptors (Lipinski definition) is 4. The zero-order chi connectivity index (χ0) is 18.8. The van der Waals surface area contributed by atoms with Crippen LogP contribution in [0.5, 0.6) is 5.75 Å². The summed E-state index contributed by atoms with van der Waals surface area (Å²) in [6.45, 7) is 3.15. The molecule has 138 valence electrons. The Morgan fingerprint density at radius 3 is 2.78 bits per heavy atom. The first kappa shape index (κ1) is 17.3. The fraction of sp³-hybridized carbons (Fsp3) is 0.238. The third-order valence-electron chi connectivity index (χ3n) is 4.79. The minimum absolute atomic E-state index is 0.101. The summed E-state index contributed by atoms with van der Waals surface area (Å²) in [5, 5.41) is 11.1. The van der Waals surface area contributed by atoms with Gasteiger partial charge in [-0.25, -0.2) is 4.68 Å². The largest absolute Gasteiger partial charge is 0.496 e. The van der Waals surface area contributed by atoms with Crippen LogP contribution in [-0.4, -0.2) is 29.3 Å². The standard InChI is InChI=1S/C21H22N4O2/c1-14-7-9-15(10-8-14)17-11-18-21(26)23-13-20(25(18)24-17)22-12-16-5-3-4-6-19(16)27-2/h3-11,20,22H,12-13H2,1-2H3,(H,23,26)/t20-/m1/s1. The van der Waals surface area contributed by atoms with Crippen LogP contribution in [0.4, 0.5) is 0 Å². The number of ether oxygens (including phenoxy) is 1. The fourth-order valence-electron chi connectivity index (χ4n) is 3.27. The van der Waals surface area contributed by atoms with Gasteiger partial charge in [0.05, 0.1) is 19.3 Å². The number of rotatable bonds is 5. The minimum atomic E-state index is -0.123. The molecule has 3 aromatic rings. The average Bonchev–Trinajstić information content (AvgIpc) is 3.15. The van der Waals surface area contributed by atoms with E-state index in [1.54, 1.807) is 11.8 Å². The highest BCUT2D eigenvalue weighted by Gasteiger charge is 2.27. The molecule has 1 aromatic heterocycles. The van der Waals surface area contributed by atoms with Crippen LogP contribution in [-0.2, 0) is 6.54 Å². The van der Waals surface area contributed by atoms with E-state index in [4.69, 9.17) is 9.84 Å². The van der Waals surface area contributed by atoms with Crippen molar-refractivity contribution in [1.82, 2.24) is 20.4 Å². The van der Waals surface area contributed by atoms with Crippen LogP contribution in [0.25, 0.3) is 11.3 Å². The van der Waals surface area contributed by atoms with Crippen molar-refractivity contribution >= 4 is 5.91 Å². The number of para-hydroxylation sites is 1. The molecule has 2 N–H and O–H groups in total. The van der Waals surface area contributed by atoms with Crippen molar-refractivity contribution in [2.24, 2.45) is 0 Å². The number of nitrogens with one attached hydrogen (secondary N) is 2. The number of amides is 1. The Balaban J connectivity index is 1.59. The second-order valence-corrected chi connectivity index (χ2v) is 6.64. The van der Waals surface area contributed by atoms with Gasteiger partial charge in [-0.1, -0.05) is 48.0 Å². The third kappa shape index (κ3) is 3.44. The van der Waals surface area contributed by atoms with E-state index < -0.39 is 0 Å². The third-order valence-corrected chi connectivity index (χ3v) is 4.79. The van der Waals surface area contributed by atoms with Crippen molar-refractivity contribution in [3.05, 3.63) is 71.4 Å². The van der Waals surface area contributed by atoms with Gasteiger partial charge < -0.3 is 10.1 Å². The number of carbonyl (C=O) groups is 1. The van der Waals surface area contributed by atoms with Crippen molar-refractivity contribution in [3.8, 4) is 17.0 Å². The molecule has 0 radical (unpaired) electrons. The maximum Gasteiger partial charge on any atom is 0.269 e. The number of aryl methyl sites for hydroxylation is 1. The first-order chi connectivity index (χ1) is 13.2. The molecule has 27 heavy (non-hydrogen) atoms. The first-order valence-electron chi connectivity index (χ1n) is 8.96. The number of hydrogen-bond donors (Lipinski definition) is 2. The van der Waals surface area contributed by atoms with Gasteiger partial charge in [-0.15, -0.1) is 0 Å². The molecule has 0 bridgehead atoms. The van der Waals surface area contributed by atoms with Gasteiger partial charge in [0.25, 0.3) is 5.91 Å². The molecule has 0 saturated carbocycles. The lowest BCUT2D eigenvalue weighted by molar-refractivity contribution is 0.0900. The molecule has 0 aliphatic carbocycles. The van der Waals surface area contributed by atoms with Crippen LogP contribution in [0.15, 0.2) is 54.6 Å². The molecule has 4 rings (SSSR count). The van der Waals surface area contributed by atoms with E-state index in [9.17, 15) is 4.79 Å². The quantitative estimate of drug-likeness (QED) is 0.732. The average molecular weight is 362 g/mol. The molecule has 1 amide bonds. The van der Waals surface area contributed by atoms with Gasteiger partial charge in [-0.2, -0.15) is 5.10 Å². The van der Waals surface area contributed by atoms with E-state index in [0.717, 1.165) is 22.6 Å². The van der Waals surface area contributed by atoms with Gasteiger partial charge in [-0.05, 0) is 19.1 Å². The molecule has 0 fully saturated rings. The maximum absolute atomic E-state index is 12.3.